The van der Waals surface area contributed by atoms with Gasteiger partial charge in [-0.25, -0.2) is 4.79 Å². The summed E-state index contributed by atoms with van der Waals surface area (Å²) < 4.78 is 11.1. The average Bonchev–Trinajstić information content (AvgIpc) is 3.37. The van der Waals surface area contributed by atoms with Gasteiger partial charge in [-0.2, -0.15) is 0 Å². The lowest BCUT2D eigenvalue weighted by atomic mass is 10.1. The monoisotopic (exact) mass is 371 g/mol. The minimum atomic E-state index is -0.180. The number of hydrogen-bond donors (Lipinski definition) is 2. The van der Waals surface area contributed by atoms with Gasteiger partial charge in [0.15, 0.2) is 0 Å². The smallest absolute Gasteiger partial charge is 0.315 e. The largest absolute Gasteiger partial charge is 0.494 e. The van der Waals surface area contributed by atoms with Crippen LogP contribution in [-0.4, -0.2) is 37.2 Å². The molecule has 1 fully saturated rings. The zero-order valence-electron chi connectivity index (χ0n) is 16.1. The molecular weight excluding hydrogens is 342 g/mol. The highest BCUT2D eigenvalue weighted by Crippen LogP contribution is 2.25. The molecule has 0 saturated carbocycles. The number of carbonyl (C=O) groups excluding carboxylic acids is 1. The van der Waals surface area contributed by atoms with E-state index in [1.807, 2.05) is 50.2 Å². The van der Waals surface area contributed by atoms with Crippen LogP contribution < -0.4 is 15.4 Å². The van der Waals surface area contributed by atoms with Crippen molar-refractivity contribution in [3.8, 4) is 5.75 Å². The van der Waals surface area contributed by atoms with Crippen molar-refractivity contribution in [1.29, 1.82) is 0 Å². The van der Waals surface area contributed by atoms with E-state index in [4.69, 9.17) is 9.15 Å². The van der Waals surface area contributed by atoms with Crippen molar-refractivity contribution in [1.82, 2.24) is 15.5 Å². The summed E-state index contributed by atoms with van der Waals surface area (Å²) in [6, 6.07) is 11.5. The third kappa shape index (κ3) is 5.26. The Morgan fingerprint density at radius 1 is 1.26 bits per heavy atom. The topological polar surface area (TPSA) is 66.7 Å². The van der Waals surface area contributed by atoms with Crippen LogP contribution in [0.5, 0.6) is 5.75 Å². The number of furan rings is 1. The zero-order valence-corrected chi connectivity index (χ0v) is 16.1. The molecule has 6 nitrogen and oxygen atoms in total. The molecule has 2 aromatic rings. The maximum atomic E-state index is 12.4. The van der Waals surface area contributed by atoms with Gasteiger partial charge in [0.05, 0.1) is 25.0 Å². The molecule has 6 heteroatoms. The standard InChI is InChI=1S/C21H29N3O3/c1-3-26-18-9-6-8-17(14-18)16(2)23-21(25)22-15-19(20-10-7-13-27-20)24-11-4-5-12-24/h6-10,13-14,16,19H,3-5,11-12,15H2,1-2H3,(H2,22,23,25). The molecule has 146 valence electrons. The summed E-state index contributed by atoms with van der Waals surface area (Å²) in [4.78, 5) is 14.8. The van der Waals surface area contributed by atoms with Crippen molar-refractivity contribution in [2.24, 2.45) is 0 Å². The number of urea groups is 1. The van der Waals surface area contributed by atoms with Crippen LogP contribution in [0.15, 0.2) is 47.1 Å². The Labute approximate surface area is 160 Å². The molecule has 2 unspecified atom stereocenters. The maximum absolute atomic E-state index is 12.4. The molecule has 27 heavy (non-hydrogen) atoms. The minimum absolute atomic E-state index is 0.0739. The Morgan fingerprint density at radius 3 is 2.78 bits per heavy atom. The second-order valence-corrected chi connectivity index (χ2v) is 6.86. The quantitative estimate of drug-likeness (QED) is 0.739. The highest BCUT2D eigenvalue weighted by molar-refractivity contribution is 5.74. The minimum Gasteiger partial charge on any atom is -0.494 e. The van der Waals surface area contributed by atoms with Crippen molar-refractivity contribution < 1.29 is 13.9 Å². The van der Waals surface area contributed by atoms with E-state index in [0.717, 1.165) is 30.2 Å². The van der Waals surface area contributed by atoms with Gasteiger partial charge in [0.25, 0.3) is 0 Å². The van der Waals surface area contributed by atoms with Gasteiger partial charge in [0, 0.05) is 6.54 Å². The van der Waals surface area contributed by atoms with Gasteiger partial charge in [-0.15, -0.1) is 0 Å². The number of benzene rings is 1. The number of carbonyl (C=O) groups is 1. The molecule has 1 saturated heterocycles. The molecule has 3 rings (SSSR count). The molecule has 2 N–H and O–H groups in total. The third-order valence-corrected chi connectivity index (χ3v) is 4.93. The van der Waals surface area contributed by atoms with Crippen LogP contribution in [0.3, 0.4) is 0 Å². The third-order valence-electron chi connectivity index (χ3n) is 4.93. The van der Waals surface area contributed by atoms with E-state index < -0.39 is 0 Å². The van der Waals surface area contributed by atoms with E-state index in [9.17, 15) is 4.79 Å². The highest BCUT2D eigenvalue weighted by Gasteiger charge is 2.26. The van der Waals surface area contributed by atoms with Gasteiger partial charge >= 0.3 is 6.03 Å². The molecule has 0 spiro atoms. The second-order valence-electron chi connectivity index (χ2n) is 6.86. The molecular formula is C21H29N3O3. The summed E-state index contributed by atoms with van der Waals surface area (Å²) >= 11 is 0. The van der Waals surface area contributed by atoms with Crippen molar-refractivity contribution in [3.05, 3.63) is 54.0 Å². The van der Waals surface area contributed by atoms with Gasteiger partial charge in [-0.3, -0.25) is 4.90 Å². The summed E-state index contributed by atoms with van der Waals surface area (Å²) in [7, 11) is 0. The maximum Gasteiger partial charge on any atom is 0.315 e. The van der Waals surface area contributed by atoms with Gasteiger partial charge in [0.1, 0.15) is 11.5 Å². The number of likely N-dealkylation sites (tertiary alicyclic amines) is 1. The lowest BCUT2D eigenvalue weighted by Gasteiger charge is -2.26. The van der Waals surface area contributed by atoms with Crippen LogP contribution >= 0.6 is 0 Å². The van der Waals surface area contributed by atoms with Crippen LogP contribution in [0.1, 0.15) is 50.1 Å². The van der Waals surface area contributed by atoms with Crippen LogP contribution in [0.25, 0.3) is 0 Å². The Kier molecular flexibility index (Phi) is 6.76. The normalized spacial score (nSPS) is 16.7. The Morgan fingerprint density at radius 2 is 2.07 bits per heavy atom. The van der Waals surface area contributed by atoms with Crippen LogP contribution in [0.2, 0.25) is 0 Å². The molecule has 2 heterocycles. The fourth-order valence-electron chi connectivity index (χ4n) is 3.50. The van der Waals surface area contributed by atoms with Gasteiger partial charge < -0.3 is 19.8 Å². The molecule has 1 aromatic heterocycles. The predicted molar refractivity (Wildman–Crippen MR) is 105 cm³/mol. The second kappa shape index (κ2) is 9.46. The lowest BCUT2D eigenvalue weighted by Crippen LogP contribution is -2.42. The number of amides is 2. The van der Waals surface area contributed by atoms with E-state index in [1.54, 1.807) is 6.26 Å². The summed E-state index contributed by atoms with van der Waals surface area (Å²) in [6.45, 7) is 7.14. The molecule has 2 amide bonds. The Bertz CT molecular complexity index is 711. The fourth-order valence-corrected chi connectivity index (χ4v) is 3.50. The summed E-state index contributed by atoms with van der Waals surface area (Å²) in [6.07, 6.45) is 4.07. The van der Waals surface area contributed by atoms with Crippen molar-refractivity contribution >= 4 is 6.03 Å². The predicted octanol–water partition coefficient (Wildman–Crippen LogP) is 3.88. The van der Waals surface area contributed by atoms with Gasteiger partial charge in [0.2, 0.25) is 0 Å². The van der Waals surface area contributed by atoms with E-state index in [-0.39, 0.29) is 18.1 Å². The first-order chi connectivity index (χ1) is 13.2. The number of hydrogen-bond acceptors (Lipinski definition) is 4. The number of nitrogens with zero attached hydrogens (tertiary/aromatic N) is 1. The van der Waals surface area contributed by atoms with Crippen LogP contribution in [-0.2, 0) is 0 Å². The van der Waals surface area contributed by atoms with Crippen molar-refractivity contribution in [3.63, 3.8) is 0 Å². The molecule has 0 bridgehead atoms. The molecule has 1 aliphatic heterocycles. The summed E-state index contributed by atoms with van der Waals surface area (Å²) in [5.41, 5.74) is 1.01. The highest BCUT2D eigenvalue weighted by atomic mass is 16.5. The molecule has 1 aliphatic rings. The zero-order chi connectivity index (χ0) is 19.1. The fraction of sp³-hybridized carbons (Fsp3) is 0.476. The Balaban J connectivity index is 1.55. The summed E-state index contributed by atoms with van der Waals surface area (Å²) in [5, 5.41) is 6.01. The van der Waals surface area contributed by atoms with E-state index in [2.05, 4.69) is 15.5 Å². The van der Waals surface area contributed by atoms with Gasteiger partial charge in [-0.1, -0.05) is 12.1 Å². The first kappa shape index (κ1) is 19.3. The number of nitrogens with one attached hydrogen (secondary N) is 2. The van der Waals surface area contributed by atoms with Gasteiger partial charge in [-0.05, 0) is 69.6 Å². The first-order valence-electron chi connectivity index (χ1n) is 9.72. The summed E-state index contributed by atoms with van der Waals surface area (Å²) in [5.74, 6) is 1.71. The van der Waals surface area contributed by atoms with E-state index in [0.29, 0.717) is 13.2 Å². The molecule has 0 aliphatic carbocycles. The van der Waals surface area contributed by atoms with E-state index in [1.165, 1.54) is 12.8 Å². The van der Waals surface area contributed by atoms with E-state index >= 15 is 0 Å². The van der Waals surface area contributed by atoms with Crippen molar-refractivity contribution in [2.45, 2.75) is 38.8 Å². The van der Waals surface area contributed by atoms with Crippen LogP contribution in [0, 0.1) is 0 Å². The van der Waals surface area contributed by atoms with Crippen molar-refractivity contribution in [2.75, 3.05) is 26.2 Å². The number of rotatable bonds is 8. The number of ether oxygens (including phenoxy) is 1. The Hall–Kier alpha value is -2.47. The average molecular weight is 371 g/mol. The van der Waals surface area contributed by atoms with Crippen LogP contribution in [0.4, 0.5) is 4.79 Å². The molecule has 0 radical (unpaired) electrons. The molecule has 2 atom stereocenters. The first-order valence-corrected chi connectivity index (χ1v) is 9.72. The lowest BCUT2D eigenvalue weighted by molar-refractivity contribution is 0.202. The SMILES string of the molecule is CCOc1cccc(C(C)NC(=O)NCC(c2ccco2)N2CCCC2)c1. The molecule has 1 aromatic carbocycles.